The fraction of sp³-hybridized carbons (Fsp3) is 0.375. The number of anilines is 1. The Morgan fingerprint density at radius 3 is 2.95 bits per heavy atom. The monoisotopic (exact) mass is 303 g/mol. The predicted octanol–water partition coefficient (Wildman–Crippen LogP) is 2.78. The third-order valence-electron chi connectivity index (χ3n) is 3.65. The molecule has 5 nitrogen and oxygen atoms in total. The third kappa shape index (κ3) is 2.45. The second-order valence-corrected chi connectivity index (χ2v) is 5.44. The number of benzene rings is 1. The molecule has 0 unspecified atom stereocenters. The molecule has 2 heterocycles. The molecule has 2 aromatic rings. The molecule has 1 aromatic carbocycles. The number of aryl methyl sites for hydroxylation is 2. The summed E-state index contributed by atoms with van der Waals surface area (Å²) >= 11 is 0. The largest absolute Gasteiger partial charge is 0.487 e. The number of hydrogen-bond acceptors (Lipinski definition) is 3. The number of carbonyl (C=O) groups is 1. The van der Waals surface area contributed by atoms with Gasteiger partial charge >= 0.3 is 0 Å². The smallest absolute Gasteiger partial charge is 0.276 e. The van der Waals surface area contributed by atoms with E-state index < -0.39 is 0 Å². The molecular weight excluding hydrogens is 285 g/mol. The lowest BCUT2D eigenvalue weighted by molar-refractivity contribution is 0.0950. The molecule has 1 atom stereocenters. The average molecular weight is 303 g/mol. The van der Waals surface area contributed by atoms with Gasteiger partial charge in [-0.1, -0.05) is 0 Å². The Bertz CT molecular complexity index is 726. The normalized spacial score (nSPS) is 17.1. The summed E-state index contributed by atoms with van der Waals surface area (Å²) in [6.45, 7) is 6.69. The van der Waals surface area contributed by atoms with E-state index in [9.17, 15) is 9.18 Å². The van der Waals surface area contributed by atoms with Gasteiger partial charge in [0.1, 0.15) is 23.4 Å². The van der Waals surface area contributed by atoms with E-state index in [1.807, 2.05) is 20.8 Å². The molecule has 1 aliphatic heterocycles. The van der Waals surface area contributed by atoms with Gasteiger partial charge in [0, 0.05) is 12.6 Å². The summed E-state index contributed by atoms with van der Waals surface area (Å²) in [6.07, 6.45) is -0.197. The molecule has 1 aromatic heterocycles. The molecule has 0 saturated heterocycles. The fourth-order valence-electron chi connectivity index (χ4n) is 2.70. The number of hydrogen-bond donors (Lipinski definition) is 0. The Kier molecular flexibility index (Phi) is 3.60. The first-order valence-corrected chi connectivity index (χ1v) is 7.32. The zero-order chi connectivity index (χ0) is 15.9. The zero-order valence-electron chi connectivity index (χ0n) is 12.8. The van der Waals surface area contributed by atoms with Crippen LogP contribution >= 0.6 is 0 Å². The molecule has 116 valence electrons. The first-order valence-electron chi connectivity index (χ1n) is 7.32. The minimum absolute atomic E-state index is 0.148. The van der Waals surface area contributed by atoms with E-state index in [0.717, 1.165) is 5.69 Å². The number of halogens is 1. The fourth-order valence-corrected chi connectivity index (χ4v) is 2.70. The van der Waals surface area contributed by atoms with Crippen molar-refractivity contribution in [1.82, 2.24) is 9.78 Å². The van der Waals surface area contributed by atoms with Gasteiger partial charge in [0.15, 0.2) is 0 Å². The SMILES string of the molecule is CCn1nc(C)cc1C(=O)N1C[C@H](C)Oc2cc(F)ccc21. The van der Waals surface area contributed by atoms with Gasteiger partial charge in [-0.25, -0.2) is 4.39 Å². The van der Waals surface area contributed by atoms with Crippen molar-refractivity contribution in [3.8, 4) is 5.75 Å². The molecule has 0 bridgehead atoms. The molecular formula is C16H18FN3O2. The van der Waals surface area contributed by atoms with E-state index in [1.165, 1.54) is 12.1 Å². The van der Waals surface area contributed by atoms with Crippen LogP contribution in [0.2, 0.25) is 0 Å². The summed E-state index contributed by atoms with van der Waals surface area (Å²) in [5.41, 5.74) is 1.92. The van der Waals surface area contributed by atoms with Crippen molar-refractivity contribution in [2.45, 2.75) is 33.4 Å². The second-order valence-electron chi connectivity index (χ2n) is 5.44. The van der Waals surface area contributed by atoms with Gasteiger partial charge in [0.25, 0.3) is 5.91 Å². The van der Waals surface area contributed by atoms with E-state index in [2.05, 4.69) is 5.10 Å². The Labute approximate surface area is 128 Å². The van der Waals surface area contributed by atoms with Crippen molar-refractivity contribution in [3.63, 3.8) is 0 Å². The van der Waals surface area contributed by atoms with Crippen LogP contribution in [0.25, 0.3) is 0 Å². The maximum atomic E-state index is 13.4. The van der Waals surface area contributed by atoms with Crippen LogP contribution in [0.3, 0.4) is 0 Å². The lowest BCUT2D eigenvalue weighted by Gasteiger charge is -2.33. The lowest BCUT2D eigenvalue weighted by Crippen LogP contribution is -2.43. The van der Waals surface area contributed by atoms with Crippen molar-refractivity contribution in [3.05, 3.63) is 41.5 Å². The Morgan fingerprint density at radius 2 is 2.23 bits per heavy atom. The van der Waals surface area contributed by atoms with Gasteiger partial charge in [-0.15, -0.1) is 0 Å². The highest BCUT2D eigenvalue weighted by atomic mass is 19.1. The summed E-state index contributed by atoms with van der Waals surface area (Å²) in [7, 11) is 0. The molecule has 0 aliphatic carbocycles. The van der Waals surface area contributed by atoms with Crippen molar-refractivity contribution in [2.24, 2.45) is 0 Å². The highest BCUT2D eigenvalue weighted by Crippen LogP contribution is 2.34. The van der Waals surface area contributed by atoms with Crippen LogP contribution in [-0.4, -0.2) is 28.3 Å². The van der Waals surface area contributed by atoms with Gasteiger partial charge in [0.2, 0.25) is 0 Å². The van der Waals surface area contributed by atoms with Crippen LogP contribution in [0.5, 0.6) is 5.75 Å². The summed E-state index contributed by atoms with van der Waals surface area (Å²) in [6, 6.07) is 6.00. The zero-order valence-corrected chi connectivity index (χ0v) is 12.8. The number of rotatable bonds is 2. The van der Waals surface area contributed by atoms with Gasteiger partial charge in [-0.3, -0.25) is 14.4 Å². The molecule has 0 radical (unpaired) electrons. The summed E-state index contributed by atoms with van der Waals surface area (Å²) < 4.78 is 20.7. The van der Waals surface area contributed by atoms with Crippen LogP contribution in [-0.2, 0) is 6.54 Å². The maximum Gasteiger partial charge on any atom is 0.276 e. The molecule has 0 saturated carbocycles. The van der Waals surface area contributed by atoms with Crippen LogP contribution in [0.1, 0.15) is 30.0 Å². The molecule has 1 amide bonds. The Morgan fingerprint density at radius 1 is 1.45 bits per heavy atom. The van der Waals surface area contributed by atoms with E-state index >= 15 is 0 Å². The van der Waals surface area contributed by atoms with Gasteiger partial charge in [-0.05, 0) is 39.0 Å². The minimum Gasteiger partial charge on any atom is -0.487 e. The van der Waals surface area contributed by atoms with Gasteiger partial charge in [0.05, 0.1) is 17.9 Å². The highest BCUT2D eigenvalue weighted by Gasteiger charge is 2.30. The van der Waals surface area contributed by atoms with E-state index in [-0.39, 0.29) is 17.8 Å². The topological polar surface area (TPSA) is 47.4 Å². The first kappa shape index (κ1) is 14.6. The quantitative estimate of drug-likeness (QED) is 0.857. The van der Waals surface area contributed by atoms with Crippen LogP contribution in [0, 0.1) is 12.7 Å². The summed E-state index contributed by atoms with van der Waals surface area (Å²) in [5, 5.41) is 4.31. The highest BCUT2D eigenvalue weighted by molar-refractivity contribution is 6.06. The van der Waals surface area contributed by atoms with Crippen LogP contribution in [0.15, 0.2) is 24.3 Å². The molecule has 0 fully saturated rings. The Hall–Kier alpha value is -2.37. The third-order valence-corrected chi connectivity index (χ3v) is 3.65. The van der Waals surface area contributed by atoms with Crippen molar-refractivity contribution in [2.75, 3.05) is 11.4 Å². The maximum absolute atomic E-state index is 13.4. The molecule has 22 heavy (non-hydrogen) atoms. The molecule has 6 heteroatoms. The van der Waals surface area contributed by atoms with Gasteiger partial charge in [-0.2, -0.15) is 5.10 Å². The number of carbonyl (C=O) groups excluding carboxylic acids is 1. The molecule has 1 aliphatic rings. The Balaban J connectivity index is 2.03. The lowest BCUT2D eigenvalue weighted by atomic mass is 10.1. The van der Waals surface area contributed by atoms with Crippen molar-refractivity contribution < 1.29 is 13.9 Å². The van der Waals surface area contributed by atoms with Crippen LogP contribution < -0.4 is 9.64 Å². The molecule has 0 spiro atoms. The number of amides is 1. The van der Waals surface area contributed by atoms with Gasteiger partial charge < -0.3 is 4.74 Å². The summed E-state index contributed by atoms with van der Waals surface area (Å²) in [4.78, 5) is 14.5. The molecule has 0 N–H and O–H groups in total. The predicted molar refractivity (Wildman–Crippen MR) is 80.8 cm³/mol. The van der Waals surface area contributed by atoms with Crippen molar-refractivity contribution >= 4 is 11.6 Å². The standard InChI is InChI=1S/C16H18FN3O2/c1-4-20-14(7-10(2)18-20)16(21)19-9-11(3)22-15-8-12(17)5-6-13(15)19/h5-8,11H,4,9H2,1-3H3/t11-/m0/s1. The van der Waals surface area contributed by atoms with E-state index in [1.54, 1.807) is 21.7 Å². The van der Waals surface area contributed by atoms with E-state index in [4.69, 9.17) is 4.74 Å². The minimum atomic E-state index is -0.380. The summed E-state index contributed by atoms with van der Waals surface area (Å²) in [5.74, 6) is -0.133. The number of nitrogens with zero attached hydrogens (tertiary/aromatic N) is 3. The number of fused-ring (bicyclic) bond motifs is 1. The second kappa shape index (κ2) is 5.44. The first-order chi connectivity index (χ1) is 10.5. The number of ether oxygens (including phenoxy) is 1. The average Bonchev–Trinajstić information content (AvgIpc) is 2.86. The van der Waals surface area contributed by atoms with E-state index in [0.29, 0.717) is 30.2 Å². The number of aromatic nitrogens is 2. The van der Waals surface area contributed by atoms with Crippen molar-refractivity contribution in [1.29, 1.82) is 0 Å². The molecule has 3 rings (SSSR count). The van der Waals surface area contributed by atoms with Crippen LogP contribution in [0.4, 0.5) is 10.1 Å².